The summed E-state index contributed by atoms with van der Waals surface area (Å²) in [6.45, 7) is 2.32. The second-order valence-electron chi connectivity index (χ2n) is 3.98. The molecule has 2 aromatic rings. The second-order valence-corrected chi connectivity index (χ2v) is 3.98. The number of benzene rings is 1. The molecule has 18 heavy (non-hydrogen) atoms. The molecule has 2 rings (SSSR count). The lowest BCUT2D eigenvalue weighted by molar-refractivity contribution is 0.276. The van der Waals surface area contributed by atoms with Crippen LogP contribution in [0.25, 0.3) is 0 Å². The van der Waals surface area contributed by atoms with Crippen molar-refractivity contribution in [3.05, 3.63) is 41.2 Å². The van der Waals surface area contributed by atoms with E-state index in [9.17, 15) is 4.39 Å². The van der Waals surface area contributed by atoms with Gasteiger partial charge in [0, 0.05) is 13.6 Å². The number of nitrogens with zero attached hydrogens (tertiary/aromatic N) is 3. The second kappa shape index (κ2) is 5.14. The van der Waals surface area contributed by atoms with Gasteiger partial charge in [-0.3, -0.25) is 0 Å². The lowest BCUT2D eigenvalue weighted by Crippen LogP contribution is -2.05. The zero-order chi connectivity index (χ0) is 13.1. The third kappa shape index (κ3) is 2.48. The minimum atomic E-state index is -0.420. The van der Waals surface area contributed by atoms with Crippen LogP contribution in [0.4, 0.5) is 4.39 Å². The van der Waals surface area contributed by atoms with Gasteiger partial charge in [-0.1, -0.05) is 6.07 Å². The summed E-state index contributed by atoms with van der Waals surface area (Å²) in [4.78, 5) is 0. The van der Waals surface area contributed by atoms with E-state index in [1.165, 1.54) is 6.07 Å². The van der Waals surface area contributed by atoms with Gasteiger partial charge in [-0.2, -0.15) is 0 Å². The van der Waals surface area contributed by atoms with Gasteiger partial charge in [0.05, 0.1) is 0 Å². The van der Waals surface area contributed by atoms with Crippen molar-refractivity contribution in [1.82, 2.24) is 14.8 Å². The Hall–Kier alpha value is -1.95. The van der Waals surface area contributed by atoms with Gasteiger partial charge in [-0.25, -0.2) is 4.39 Å². The normalized spacial score (nSPS) is 10.7. The Labute approximate surface area is 104 Å². The maximum absolute atomic E-state index is 13.6. The maximum Gasteiger partial charge on any atom is 0.170 e. The lowest BCUT2D eigenvalue weighted by Gasteiger charge is -2.08. The first kappa shape index (κ1) is 12.5. The zero-order valence-electron chi connectivity index (χ0n) is 10.4. The molecule has 0 fully saturated rings. The van der Waals surface area contributed by atoms with E-state index in [-0.39, 0.29) is 12.4 Å². The number of rotatable bonds is 4. The van der Waals surface area contributed by atoms with Gasteiger partial charge < -0.3 is 15.0 Å². The van der Waals surface area contributed by atoms with Crippen molar-refractivity contribution in [2.45, 2.75) is 20.1 Å². The van der Waals surface area contributed by atoms with Crippen LogP contribution in [0.2, 0.25) is 0 Å². The summed E-state index contributed by atoms with van der Waals surface area (Å²) in [7, 11) is 1.84. The smallest absolute Gasteiger partial charge is 0.170 e. The molecule has 0 aliphatic rings. The Morgan fingerprint density at radius 1 is 1.39 bits per heavy atom. The SMILES string of the molecule is Cc1nnc(COc2ccc(CN)cc2F)n1C. The molecule has 0 spiro atoms. The van der Waals surface area contributed by atoms with Crippen molar-refractivity contribution in [2.24, 2.45) is 12.8 Å². The summed E-state index contributed by atoms with van der Waals surface area (Å²) in [5.41, 5.74) is 6.16. The molecule has 0 atom stereocenters. The van der Waals surface area contributed by atoms with E-state index in [0.29, 0.717) is 12.4 Å². The molecule has 0 amide bonds. The number of halogens is 1. The minimum absolute atomic E-state index is 0.177. The van der Waals surface area contributed by atoms with E-state index >= 15 is 0 Å². The average molecular weight is 250 g/mol. The number of hydrogen-bond donors (Lipinski definition) is 1. The molecule has 0 saturated carbocycles. The Kier molecular flexibility index (Phi) is 3.57. The molecule has 0 unspecified atom stereocenters. The minimum Gasteiger partial charge on any atom is -0.483 e. The molecule has 0 radical (unpaired) electrons. The molecule has 6 heteroatoms. The van der Waals surface area contributed by atoms with E-state index in [0.717, 1.165) is 11.4 Å². The highest BCUT2D eigenvalue weighted by atomic mass is 19.1. The van der Waals surface area contributed by atoms with Crippen LogP contribution in [0.1, 0.15) is 17.2 Å². The van der Waals surface area contributed by atoms with Crippen molar-refractivity contribution in [1.29, 1.82) is 0 Å². The highest BCUT2D eigenvalue weighted by Gasteiger charge is 2.08. The molecular formula is C12H15FN4O. The summed E-state index contributed by atoms with van der Waals surface area (Å²) in [5, 5.41) is 7.84. The first-order chi connectivity index (χ1) is 8.61. The summed E-state index contributed by atoms with van der Waals surface area (Å²) >= 11 is 0. The summed E-state index contributed by atoms with van der Waals surface area (Å²) < 4.78 is 20.8. The quantitative estimate of drug-likeness (QED) is 0.888. The van der Waals surface area contributed by atoms with Crippen molar-refractivity contribution in [3.63, 3.8) is 0 Å². The van der Waals surface area contributed by atoms with Crippen LogP contribution in [0, 0.1) is 12.7 Å². The summed E-state index contributed by atoms with van der Waals surface area (Å²) in [6.07, 6.45) is 0. The molecule has 1 aromatic heterocycles. The van der Waals surface area contributed by atoms with E-state index in [1.54, 1.807) is 16.7 Å². The van der Waals surface area contributed by atoms with Gasteiger partial charge in [0.25, 0.3) is 0 Å². The van der Waals surface area contributed by atoms with Crippen LogP contribution in [0.3, 0.4) is 0 Å². The molecule has 5 nitrogen and oxygen atoms in total. The van der Waals surface area contributed by atoms with Crippen LogP contribution in [-0.2, 0) is 20.2 Å². The molecule has 2 N–H and O–H groups in total. The third-order valence-electron chi connectivity index (χ3n) is 2.77. The molecule has 1 aromatic carbocycles. The standard InChI is InChI=1S/C12H15FN4O/c1-8-15-16-12(17(8)2)7-18-11-4-3-9(6-14)5-10(11)13/h3-5H,6-7,14H2,1-2H3. The number of aryl methyl sites for hydroxylation is 1. The van der Waals surface area contributed by atoms with E-state index in [2.05, 4.69) is 10.2 Å². The van der Waals surface area contributed by atoms with E-state index < -0.39 is 5.82 Å². The van der Waals surface area contributed by atoms with Gasteiger partial charge in [-0.15, -0.1) is 10.2 Å². The number of nitrogens with two attached hydrogens (primary N) is 1. The molecule has 0 aliphatic heterocycles. The van der Waals surface area contributed by atoms with Crippen molar-refractivity contribution < 1.29 is 9.13 Å². The van der Waals surface area contributed by atoms with Crippen molar-refractivity contribution >= 4 is 0 Å². The van der Waals surface area contributed by atoms with Gasteiger partial charge >= 0.3 is 0 Å². The molecule has 0 bridgehead atoms. The topological polar surface area (TPSA) is 66.0 Å². The number of hydrogen-bond acceptors (Lipinski definition) is 4. The van der Waals surface area contributed by atoms with Crippen LogP contribution < -0.4 is 10.5 Å². The third-order valence-corrected chi connectivity index (χ3v) is 2.77. The van der Waals surface area contributed by atoms with E-state index in [4.69, 9.17) is 10.5 Å². The number of aromatic nitrogens is 3. The van der Waals surface area contributed by atoms with Crippen LogP contribution in [0.15, 0.2) is 18.2 Å². The zero-order valence-corrected chi connectivity index (χ0v) is 10.4. The number of ether oxygens (including phenoxy) is 1. The predicted octanol–water partition coefficient (Wildman–Crippen LogP) is 1.30. The van der Waals surface area contributed by atoms with Crippen LogP contribution in [-0.4, -0.2) is 14.8 Å². The first-order valence-electron chi connectivity index (χ1n) is 5.58. The molecule has 0 saturated heterocycles. The van der Waals surface area contributed by atoms with Crippen molar-refractivity contribution in [2.75, 3.05) is 0 Å². The fourth-order valence-electron chi connectivity index (χ4n) is 1.51. The molecule has 96 valence electrons. The van der Waals surface area contributed by atoms with Crippen LogP contribution >= 0.6 is 0 Å². The average Bonchev–Trinajstić information content (AvgIpc) is 2.68. The lowest BCUT2D eigenvalue weighted by atomic mass is 10.2. The van der Waals surface area contributed by atoms with Gasteiger partial charge in [0.1, 0.15) is 12.4 Å². The van der Waals surface area contributed by atoms with Gasteiger partial charge in [-0.05, 0) is 24.6 Å². The first-order valence-corrected chi connectivity index (χ1v) is 5.58. The predicted molar refractivity (Wildman–Crippen MR) is 64.4 cm³/mol. The van der Waals surface area contributed by atoms with Gasteiger partial charge in [0.15, 0.2) is 17.4 Å². The Morgan fingerprint density at radius 3 is 2.72 bits per heavy atom. The Morgan fingerprint density at radius 2 is 2.17 bits per heavy atom. The molecule has 0 aliphatic carbocycles. The summed E-state index contributed by atoms with van der Waals surface area (Å²) in [5.74, 6) is 1.20. The highest BCUT2D eigenvalue weighted by Crippen LogP contribution is 2.19. The molecule has 1 heterocycles. The Bertz CT molecular complexity index is 553. The van der Waals surface area contributed by atoms with E-state index in [1.807, 2.05) is 14.0 Å². The van der Waals surface area contributed by atoms with Crippen molar-refractivity contribution in [3.8, 4) is 5.75 Å². The maximum atomic E-state index is 13.6. The van der Waals surface area contributed by atoms with Crippen LogP contribution in [0.5, 0.6) is 5.75 Å². The fraction of sp³-hybridized carbons (Fsp3) is 0.333. The largest absolute Gasteiger partial charge is 0.483 e. The Balaban J connectivity index is 2.08. The summed E-state index contributed by atoms with van der Waals surface area (Å²) in [6, 6.07) is 4.68. The molecular weight excluding hydrogens is 235 g/mol. The highest BCUT2D eigenvalue weighted by molar-refractivity contribution is 5.29. The van der Waals surface area contributed by atoms with Gasteiger partial charge in [0.2, 0.25) is 0 Å². The fourth-order valence-corrected chi connectivity index (χ4v) is 1.51. The monoisotopic (exact) mass is 250 g/mol.